The van der Waals surface area contributed by atoms with Gasteiger partial charge in [-0.15, -0.1) is 0 Å². The van der Waals surface area contributed by atoms with Gasteiger partial charge in [-0.25, -0.2) is 8.96 Å². The molecule has 218 valence electrons. The van der Waals surface area contributed by atoms with Crippen LogP contribution in [0.3, 0.4) is 0 Å². The monoisotopic (exact) mass is 584 g/mol. The molecule has 40 heavy (non-hydrogen) atoms. The quantitative estimate of drug-likeness (QED) is 0.191. The summed E-state index contributed by atoms with van der Waals surface area (Å²) in [6.07, 6.45) is -6.17. The van der Waals surface area contributed by atoms with Crippen molar-refractivity contribution in [2.75, 3.05) is 25.1 Å². The Bertz CT molecular complexity index is 1540. The first-order valence-corrected chi connectivity index (χ1v) is 14.1. The summed E-state index contributed by atoms with van der Waals surface area (Å²) in [6, 6.07) is 8.93. The molecule has 0 radical (unpaired) electrons. The molecule has 1 aliphatic rings. The van der Waals surface area contributed by atoms with Crippen molar-refractivity contribution in [2.45, 2.75) is 50.9 Å². The highest BCUT2D eigenvalue weighted by Gasteiger charge is 2.57. The lowest BCUT2D eigenvalue weighted by Gasteiger charge is -2.29. The standard InChI is InChI=1S/C25H32FN4O9P/c1-14(2)37-22(33)15(3)12-40(35,39-16-7-5-4-6-8-16)36-11-18-19(31)25(34,13-26)23(38-18)30-10-9-17-20(30)28-24(27)29-21(17)32/h4-10,14-15,18-19,23,31,34H,11-13H2,1-3H3,(H3,27,28,29,32)/t15-,18-,19+,23-,25?,40+/m1/s1/i11D2. The minimum atomic E-state index is -4.60. The van der Waals surface area contributed by atoms with Gasteiger partial charge in [-0.3, -0.25) is 19.1 Å². The molecule has 1 aliphatic heterocycles. The number of alkyl halides is 1. The van der Waals surface area contributed by atoms with E-state index in [1.807, 2.05) is 0 Å². The average Bonchev–Trinajstić information content (AvgIpc) is 3.42. The number of aromatic amines is 1. The lowest BCUT2D eigenvalue weighted by Crippen LogP contribution is -2.49. The van der Waals surface area contributed by atoms with Crippen molar-refractivity contribution in [3.63, 3.8) is 0 Å². The zero-order valence-corrected chi connectivity index (χ0v) is 22.8. The number of halogens is 1. The number of anilines is 1. The molecule has 13 nitrogen and oxygen atoms in total. The second-order valence-electron chi connectivity index (χ2n) is 9.68. The lowest BCUT2D eigenvalue weighted by molar-refractivity contribution is -0.151. The van der Waals surface area contributed by atoms with Crippen LogP contribution in [0.15, 0.2) is 47.4 Å². The van der Waals surface area contributed by atoms with Gasteiger partial charge in [0.05, 0.1) is 32.9 Å². The molecule has 2 aromatic heterocycles. The van der Waals surface area contributed by atoms with Crippen LogP contribution in [-0.4, -0.2) is 74.0 Å². The van der Waals surface area contributed by atoms with Gasteiger partial charge in [-0.2, -0.15) is 4.98 Å². The maximum atomic E-state index is 14.4. The third-order valence-electron chi connectivity index (χ3n) is 6.12. The van der Waals surface area contributed by atoms with Gasteiger partial charge < -0.3 is 34.5 Å². The van der Waals surface area contributed by atoms with E-state index in [-0.39, 0.29) is 22.7 Å². The summed E-state index contributed by atoms with van der Waals surface area (Å²) < 4.78 is 68.3. The van der Waals surface area contributed by atoms with Gasteiger partial charge in [0.25, 0.3) is 5.56 Å². The van der Waals surface area contributed by atoms with Crippen LogP contribution in [0, 0.1) is 5.92 Å². The third kappa shape index (κ3) is 6.06. The summed E-state index contributed by atoms with van der Waals surface area (Å²) in [5, 5.41) is 22.1. The van der Waals surface area contributed by atoms with Gasteiger partial charge in [0.2, 0.25) is 5.95 Å². The number of hydrogen-bond acceptors (Lipinski definition) is 11. The molecule has 0 spiro atoms. The number of benzene rings is 1. The molecule has 15 heteroatoms. The summed E-state index contributed by atoms with van der Waals surface area (Å²) in [4.78, 5) is 31.0. The molecule has 6 atom stereocenters. The molecule has 3 heterocycles. The van der Waals surface area contributed by atoms with Gasteiger partial charge in [0, 0.05) is 6.20 Å². The molecule has 0 bridgehead atoms. The first-order chi connectivity index (χ1) is 19.6. The normalized spacial score (nSPS) is 26.2. The molecular formula is C25H32FN4O9P. The zero-order valence-electron chi connectivity index (χ0n) is 23.9. The number of aliphatic hydroxyl groups is 2. The minimum absolute atomic E-state index is 0.00533. The van der Waals surface area contributed by atoms with E-state index in [1.165, 1.54) is 31.3 Å². The van der Waals surface area contributed by atoms with Crippen molar-refractivity contribution in [3.05, 3.63) is 52.9 Å². The van der Waals surface area contributed by atoms with Gasteiger partial charge in [0.1, 0.15) is 24.6 Å². The third-order valence-corrected chi connectivity index (χ3v) is 7.98. The summed E-state index contributed by atoms with van der Waals surface area (Å²) in [6.45, 7) is -0.193. The summed E-state index contributed by atoms with van der Waals surface area (Å²) in [5.41, 5.74) is 2.08. The van der Waals surface area contributed by atoms with Crippen molar-refractivity contribution in [1.82, 2.24) is 14.5 Å². The Labute approximate surface area is 231 Å². The Kier molecular flexibility index (Phi) is 7.85. The number of ether oxygens (including phenoxy) is 2. The zero-order chi connectivity index (χ0) is 31.0. The number of carbonyl (C=O) groups is 1. The van der Waals surface area contributed by atoms with Crippen LogP contribution in [0.25, 0.3) is 11.0 Å². The number of nitrogens with zero attached hydrogens (tertiary/aromatic N) is 2. The predicted molar refractivity (Wildman–Crippen MR) is 141 cm³/mol. The Morgan fingerprint density at radius 3 is 2.70 bits per heavy atom. The van der Waals surface area contributed by atoms with Gasteiger partial charge >= 0.3 is 13.6 Å². The molecule has 0 amide bonds. The second-order valence-corrected chi connectivity index (χ2v) is 11.6. The number of fused-ring (bicyclic) bond motifs is 1. The largest absolute Gasteiger partial charge is 0.463 e. The molecule has 1 unspecified atom stereocenters. The summed E-state index contributed by atoms with van der Waals surface area (Å²) in [7, 11) is -4.60. The smallest absolute Gasteiger partial charge is 0.380 e. The number of aliphatic hydroxyl groups excluding tert-OH is 1. The van der Waals surface area contributed by atoms with Gasteiger partial charge in [-0.05, 0) is 32.0 Å². The van der Waals surface area contributed by atoms with Crippen LogP contribution >= 0.6 is 7.60 Å². The second kappa shape index (κ2) is 11.7. The number of esters is 1. The van der Waals surface area contributed by atoms with E-state index in [9.17, 15) is 28.8 Å². The molecular weight excluding hydrogens is 550 g/mol. The summed E-state index contributed by atoms with van der Waals surface area (Å²) >= 11 is 0. The number of carbonyl (C=O) groups excluding carboxylic acids is 1. The van der Waals surface area contributed by atoms with E-state index in [4.69, 9.17) is 27.0 Å². The Morgan fingerprint density at radius 1 is 1.35 bits per heavy atom. The van der Waals surface area contributed by atoms with E-state index in [0.717, 1.165) is 4.57 Å². The van der Waals surface area contributed by atoms with Gasteiger partial charge in [0.15, 0.2) is 17.5 Å². The highest BCUT2D eigenvalue weighted by atomic mass is 31.2. The number of nitrogens with one attached hydrogen (secondary N) is 1. The van der Waals surface area contributed by atoms with E-state index in [2.05, 4.69) is 9.97 Å². The minimum Gasteiger partial charge on any atom is -0.463 e. The van der Waals surface area contributed by atoms with Crippen LogP contribution in [0.5, 0.6) is 5.75 Å². The molecule has 0 aliphatic carbocycles. The maximum Gasteiger partial charge on any atom is 0.380 e. The van der Waals surface area contributed by atoms with Crippen molar-refractivity contribution in [2.24, 2.45) is 5.92 Å². The average molecular weight is 585 g/mol. The number of hydrogen-bond donors (Lipinski definition) is 4. The summed E-state index contributed by atoms with van der Waals surface area (Å²) in [5.74, 6) is -2.09. The molecule has 5 N–H and O–H groups in total. The number of nitrogens with two attached hydrogens (primary N) is 1. The van der Waals surface area contributed by atoms with Crippen molar-refractivity contribution in [1.29, 1.82) is 0 Å². The molecule has 3 aromatic rings. The molecule has 4 rings (SSSR count). The fraction of sp³-hybridized carbons (Fsp3) is 0.480. The molecule has 1 saturated heterocycles. The molecule has 0 saturated carbocycles. The van der Waals surface area contributed by atoms with Crippen LogP contribution in [0.2, 0.25) is 0 Å². The van der Waals surface area contributed by atoms with E-state index in [0.29, 0.717) is 0 Å². The lowest BCUT2D eigenvalue weighted by atomic mass is 9.95. The fourth-order valence-corrected chi connectivity index (χ4v) is 5.87. The number of aromatic nitrogens is 3. The number of para-hydroxylation sites is 1. The number of nitrogen functional groups attached to an aromatic ring is 1. The Hall–Kier alpha value is -3.29. The van der Waals surface area contributed by atoms with Crippen molar-refractivity contribution < 1.29 is 45.2 Å². The fourth-order valence-electron chi connectivity index (χ4n) is 4.16. The first kappa shape index (κ1) is 26.9. The van der Waals surface area contributed by atoms with Crippen LogP contribution in [-0.2, 0) is 23.4 Å². The van der Waals surface area contributed by atoms with Gasteiger partial charge in [-0.1, -0.05) is 25.1 Å². The SMILES string of the molecule is [2H]C([2H])(O[P@@](=O)(C[C@@H](C)C(=O)OC(C)C)Oc1ccccc1)[C@H]1O[C@@H](n2ccc3c(=O)[nH]c(N)nc32)C(O)(CF)[C@H]1O. The maximum absolute atomic E-state index is 14.4. The molecule has 1 fully saturated rings. The van der Waals surface area contributed by atoms with E-state index < -0.39 is 74.6 Å². The Balaban J connectivity index is 1.68. The van der Waals surface area contributed by atoms with Crippen LogP contribution in [0.1, 0.15) is 29.7 Å². The Morgan fingerprint density at radius 2 is 2.05 bits per heavy atom. The highest BCUT2D eigenvalue weighted by molar-refractivity contribution is 7.54. The topological polar surface area (TPSA) is 188 Å². The highest BCUT2D eigenvalue weighted by Crippen LogP contribution is 2.51. The van der Waals surface area contributed by atoms with Crippen molar-refractivity contribution >= 4 is 30.5 Å². The number of rotatable bonds is 11. The predicted octanol–water partition coefficient (Wildman–Crippen LogP) is 2.14. The first-order valence-electron chi connectivity index (χ1n) is 13.3. The molecule has 1 aromatic carbocycles. The van der Waals surface area contributed by atoms with Crippen LogP contribution in [0.4, 0.5) is 10.3 Å². The number of H-pyrrole nitrogens is 1. The van der Waals surface area contributed by atoms with E-state index >= 15 is 0 Å². The van der Waals surface area contributed by atoms with E-state index in [1.54, 1.807) is 32.0 Å². The van der Waals surface area contributed by atoms with Crippen LogP contribution < -0.4 is 15.8 Å². The van der Waals surface area contributed by atoms with Crippen molar-refractivity contribution in [3.8, 4) is 5.75 Å².